The zero-order valence-corrected chi connectivity index (χ0v) is 8.00. The number of rotatable bonds is 3. The van der Waals surface area contributed by atoms with Gasteiger partial charge in [0.25, 0.3) is 0 Å². The summed E-state index contributed by atoms with van der Waals surface area (Å²) < 4.78 is 4.90. The minimum Gasteiger partial charge on any atom is -0.460 e. The molecule has 1 heterocycles. The monoisotopic (exact) mass is 185 g/mol. The van der Waals surface area contributed by atoms with Gasteiger partial charge in [0.1, 0.15) is 6.10 Å². The number of cyclic esters (lactones) is 1. The van der Waals surface area contributed by atoms with E-state index in [9.17, 15) is 9.59 Å². The van der Waals surface area contributed by atoms with Crippen LogP contribution >= 0.6 is 0 Å². The topological polar surface area (TPSA) is 55.4 Å². The maximum atomic E-state index is 11.2. The summed E-state index contributed by atoms with van der Waals surface area (Å²) in [6.07, 6.45) is 1.45. The fourth-order valence-corrected chi connectivity index (χ4v) is 1.36. The highest BCUT2D eigenvalue weighted by Gasteiger charge is 2.31. The summed E-state index contributed by atoms with van der Waals surface area (Å²) in [5.41, 5.74) is 0. The average molecular weight is 185 g/mol. The van der Waals surface area contributed by atoms with E-state index < -0.39 is 0 Å². The van der Waals surface area contributed by atoms with Crippen LogP contribution in [0.15, 0.2) is 0 Å². The summed E-state index contributed by atoms with van der Waals surface area (Å²) in [5, 5.41) is 2.78. The largest absolute Gasteiger partial charge is 0.460 e. The molecule has 13 heavy (non-hydrogen) atoms. The molecule has 0 aromatic rings. The highest BCUT2D eigenvalue weighted by molar-refractivity contribution is 5.79. The molecule has 1 aliphatic rings. The van der Waals surface area contributed by atoms with Crippen LogP contribution in [0.25, 0.3) is 0 Å². The molecule has 0 spiro atoms. The Bertz CT molecular complexity index is 215. The van der Waals surface area contributed by atoms with Crippen molar-refractivity contribution in [2.75, 3.05) is 0 Å². The van der Waals surface area contributed by atoms with Gasteiger partial charge in [-0.2, -0.15) is 0 Å². The lowest BCUT2D eigenvalue weighted by molar-refractivity contribution is -0.141. The Labute approximate surface area is 77.6 Å². The molecule has 4 heteroatoms. The molecule has 1 rings (SSSR count). The van der Waals surface area contributed by atoms with E-state index in [0.717, 1.165) is 6.42 Å². The van der Waals surface area contributed by atoms with E-state index in [4.69, 9.17) is 4.74 Å². The van der Waals surface area contributed by atoms with Crippen molar-refractivity contribution in [2.45, 2.75) is 45.3 Å². The van der Waals surface area contributed by atoms with Gasteiger partial charge in [0.2, 0.25) is 5.91 Å². The van der Waals surface area contributed by atoms with Gasteiger partial charge in [-0.05, 0) is 13.3 Å². The van der Waals surface area contributed by atoms with Crippen molar-refractivity contribution in [3.8, 4) is 0 Å². The van der Waals surface area contributed by atoms with E-state index in [2.05, 4.69) is 5.32 Å². The molecule has 2 unspecified atom stereocenters. The Hall–Kier alpha value is -1.06. The molecule has 1 aliphatic heterocycles. The van der Waals surface area contributed by atoms with Gasteiger partial charge in [-0.25, -0.2) is 0 Å². The Balaban J connectivity index is 2.36. The van der Waals surface area contributed by atoms with E-state index in [1.165, 1.54) is 0 Å². The number of esters is 1. The third-order valence-corrected chi connectivity index (χ3v) is 2.09. The summed E-state index contributed by atoms with van der Waals surface area (Å²) in [6.45, 7) is 3.74. The minimum absolute atomic E-state index is 0.00218. The van der Waals surface area contributed by atoms with Gasteiger partial charge in [0.05, 0.1) is 12.5 Å². The summed E-state index contributed by atoms with van der Waals surface area (Å²) in [6, 6.07) is -0.133. The lowest BCUT2D eigenvalue weighted by Crippen LogP contribution is -2.38. The van der Waals surface area contributed by atoms with Gasteiger partial charge in [0, 0.05) is 6.42 Å². The van der Waals surface area contributed by atoms with Crippen LogP contribution in [0.2, 0.25) is 0 Å². The second kappa shape index (κ2) is 4.25. The van der Waals surface area contributed by atoms with Crippen LogP contribution in [-0.4, -0.2) is 24.0 Å². The smallest absolute Gasteiger partial charge is 0.308 e. The van der Waals surface area contributed by atoms with Crippen molar-refractivity contribution in [2.24, 2.45) is 0 Å². The molecule has 0 saturated carbocycles. The normalized spacial score (nSPS) is 27.1. The van der Waals surface area contributed by atoms with Gasteiger partial charge >= 0.3 is 5.97 Å². The molecule has 2 atom stereocenters. The van der Waals surface area contributed by atoms with Crippen LogP contribution in [0, 0.1) is 0 Å². The molecule has 4 nitrogen and oxygen atoms in total. The molecule has 0 radical (unpaired) electrons. The van der Waals surface area contributed by atoms with Gasteiger partial charge in [-0.15, -0.1) is 0 Å². The molecule has 1 fully saturated rings. The molecular formula is C9H15NO3. The zero-order valence-electron chi connectivity index (χ0n) is 8.00. The van der Waals surface area contributed by atoms with Crippen molar-refractivity contribution < 1.29 is 14.3 Å². The van der Waals surface area contributed by atoms with Crippen LogP contribution < -0.4 is 5.32 Å². The van der Waals surface area contributed by atoms with Crippen LogP contribution in [0.3, 0.4) is 0 Å². The van der Waals surface area contributed by atoms with E-state index in [-0.39, 0.29) is 24.0 Å². The van der Waals surface area contributed by atoms with Crippen LogP contribution in [0.4, 0.5) is 0 Å². The number of carbonyl (C=O) groups is 2. The standard InChI is InChI=1S/C9H15NO3/c1-3-4-8(11)10-7-5-9(12)13-6(7)2/h6-7H,3-5H2,1-2H3,(H,10,11). The van der Waals surface area contributed by atoms with Gasteiger partial charge in [0.15, 0.2) is 0 Å². The fraction of sp³-hybridized carbons (Fsp3) is 0.778. The highest BCUT2D eigenvalue weighted by Crippen LogP contribution is 2.14. The summed E-state index contributed by atoms with van der Waals surface area (Å²) in [4.78, 5) is 22.0. The maximum Gasteiger partial charge on any atom is 0.308 e. The predicted octanol–water partition coefficient (Wildman–Crippen LogP) is 0.607. The molecule has 1 amide bonds. The molecule has 0 aliphatic carbocycles. The maximum absolute atomic E-state index is 11.2. The molecule has 74 valence electrons. The van der Waals surface area contributed by atoms with Crippen molar-refractivity contribution >= 4 is 11.9 Å². The number of hydrogen-bond donors (Lipinski definition) is 1. The first-order valence-corrected chi connectivity index (χ1v) is 4.62. The molecule has 1 N–H and O–H groups in total. The number of carbonyl (C=O) groups excluding carboxylic acids is 2. The molecule has 0 bridgehead atoms. The Kier molecular flexibility index (Phi) is 3.28. The first-order valence-electron chi connectivity index (χ1n) is 4.62. The Morgan fingerprint density at radius 3 is 2.85 bits per heavy atom. The van der Waals surface area contributed by atoms with Crippen molar-refractivity contribution in [1.29, 1.82) is 0 Å². The first kappa shape index (κ1) is 10.0. The lowest BCUT2D eigenvalue weighted by Gasteiger charge is -2.14. The van der Waals surface area contributed by atoms with E-state index in [1.54, 1.807) is 6.92 Å². The molecule has 1 saturated heterocycles. The number of amides is 1. The molecular weight excluding hydrogens is 170 g/mol. The lowest BCUT2D eigenvalue weighted by atomic mass is 10.1. The summed E-state index contributed by atoms with van der Waals surface area (Å²) in [5.74, 6) is -0.230. The first-order chi connectivity index (χ1) is 6.13. The van der Waals surface area contributed by atoms with Crippen molar-refractivity contribution in [3.05, 3.63) is 0 Å². The number of hydrogen-bond acceptors (Lipinski definition) is 3. The Morgan fingerprint density at radius 2 is 2.38 bits per heavy atom. The molecule has 0 aromatic carbocycles. The van der Waals surface area contributed by atoms with Crippen molar-refractivity contribution in [3.63, 3.8) is 0 Å². The van der Waals surface area contributed by atoms with Gasteiger partial charge in [-0.3, -0.25) is 9.59 Å². The fourth-order valence-electron chi connectivity index (χ4n) is 1.36. The summed E-state index contributed by atoms with van der Waals surface area (Å²) >= 11 is 0. The highest BCUT2D eigenvalue weighted by atomic mass is 16.6. The third kappa shape index (κ3) is 2.72. The van der Waals surface area contributed by atoms with E-state index in [0.29, 0.717) is 12.8 Å². The second-order valence-corrected chi connectivity index (χ2v) is 3.32. The van der Waals surface area contributed by atoms with Gasteiger partial charge < -0.3 is 10.1 Å². The number of ether oxygens (including phenoxy) is 1. The van der Waals surface area contributed by atoms with E-state index >= 15 is 0 Å². The third-order valence-electron chi connectivity index (χ3n) is 2.09. The van der Waals surface area contributed by atoms with Crippen LogP contribution in [0.1, 0.15) is 33.1 Å². The van der Waals surface area contributed by atoms with E-state index in [1.807, 2.05) is 6.92 Å². The zero-order chi connectivity index (χ0) is 9.84. The Morgan fingerprint density at radius 1 is 1.69 bits per heavy atom. The second-order valence-electron chi connectivity index (χ2n) is 3.32. The molecule has 0 aromatic heterocycles. The van der Waals surface area contributed by atoms with Crippen molar-refractivity contribution in [1.82, 2.24) is 5.32 Å². The number of nitrogens with one attached hydrogen (secondary N) is 1. The van der Waals surface area contributed by atoms with Gasteiger partial charge in [-0.1, -0.05) is 6.92 Å². The summed E-state index contributed by atoms with van der Waals surface area (Å²) in [7, 11) is 0. The quantitative estimate of drug-likeness (QED) is 0.655. The van der Waals surface area contributed by atoms with Crippen LogP contribution in [-0.2, 0) is 14.3 Å². The SMILES string of the molecule is CCCC(=O)NC1CC(=O)OC1C. The minimum atomic E-state index is -0.228. The van der Waals surface area contributed by atoms with Crippen LogP contribution in [0.5, 0.6) is 0 Å². The average Bonchev–Trinajstić information content (AvgIpc) is 2.30. The predicted molar refractivity (Wildman–Crippen MR) is 47.0 cm³/mol.